The van der Waals surface area contributed by atoms with Crippen molar-refractivity contribution in [3.63, 3.8) is 0 Å². The monoisotopic (exact) mass is 161 g/mol. The fourth-order valence-electron chi connectivity index (χ4n) is 1.41. The van der Waals surface area contributed by atoms with Crippen LogP contribution in [0.5, 0.6) is 0 Å². The van der Waals surface area contributed by atoms with Crippen LogP contribution in [-0.4, -0.2) is 45.9 Å². The molecule has 10 heavy (non-hydrogen) atoms. The van der Waals surface area contributed by atoms with E-state index in [0.717, 1.165) is 23.5 Å². The van der Waals surface area contributed by atoms with Gasteiger partial charge in [-0.3, -0.25) is 4.90 Å². The number of aliphatic hydroxyl groups excluding tert-OH is 1. The second-order valence-electron chi connectivity index (χ2n) is 3.12. The topological polar surface area (TPSA) is 32.7 Å². The molecule has 4 heteroatoms. The average molecular weight is 161 g/mol. The quantitative estimate of drug-likeness (QED) is 0.485. The van der Waals surface area contributed by atoms with E-state index in [1.54, 1.807) is 0 Å². The van der Waals surface area contributed by atoms with Gasteiger partial charge in [0.25, 0.3) is 0 Å². The van der Waals surface area contributed by atoms with E-state index in [1.165, 1.54) is 0 Å². The molecule has 1 rings (SSSR count). The van der Waals surface area contributed by atoms with Crippen LogP contribution >= 0.6 is 0 Å². The Labute approximate surface area is 64.5 Å². The van der Waals surface area contributed by atoms with Crippen molar-refractivity contribution in [1.82, 2.24) is 4.90 Å². The molecule has 0 bridgehead atoms. The first-order chi connectivity index (χ1) is 4.58. The zero-order valence-electron chi connectivity index (χ0n) is 6.79. The van der Waals surface area contributed by atoms with Gasteiger partial charge in [-0.15, -0.1) is 0 Å². The lowest BCUT2D eigenvalue weighted by molar-refractivity contribution is -0.0195. The Balaban J connectivity index is 2.61. The highest BCUT2D eigenvalue weighted by molar-refractivity contribution is 5.98. The van der Waals surface area contributed by atoms with Gasteiger partial charge in [-0.05, 0) is 14.0 Å². The number of hydrogen-bond donors (Lipinski definition) is 1. The molecule has 0 radical (unpaired) electrons. The van der Waals surface area contributed by atoms with Gasteiger partial charge in [0.05, 0.1) is 6.10 Å². The van der Waals surface area contributed by atoms with Gasteiger partial charge in [0.2, 0.25) is 0 Å². The smallest absolute Gasteiger partial charge is 0.148 e. The van der Waals surface area contributed by atoms with Crippen LogP contribution < -0.4 is 0 Å². The zero-order chi connectivity index (χ0) is 7.78. The van der Waals surface area contributed by atoms with Crippen molar-refractivity contribution in [2.24, 2.45) is 0 Å². The van der Waals surface area contributed by atoms with Crippen molar-refractivity contribution >= 4 is 10.5 Å². The Hall–Kier alpha value is 0.0969. The third-order valence-electron chi connectivity index (χ3n) is 2.35. The van der Waals surface area contributed by atoms with Crippen molar-refractivity contribution in [3.05, 3.63) is 0 Å². The van der Waals surface area contributed by atoms with Crippen molar-refractivity contribution < 1.29 is 9.53 Å². The minimum Gasteiger partial charge on any atom is -0.410 e. The molecule has 1 fully saturated rings. The molecule has 2 atom stereocenters. The van der Waals surface area contributed by atoms with Crippen LogP contribution in [0.1, 0.15) is 13.3 Å². The van der Waals surface area contributed by atoms with Gasteiger partial charge in [-0.25, -0.2) is 0 Å². The maximum Gasteiger partial charge on any atom is 0.148 e. The molecule has 60 valence electrons. The maximum absolute atomic E-state index is 9.26. The van der Waals surface area contributed by atoms with Crippen molar-refractivity contribution in [2.45, 2.75) is 25.2 Å². The lowest BCUT2D eigenvalue weighted by Gasteiger charge is -2.30. The predicted molar refractivity (Wildman–Crippen MR) is 42.7 cm³/mol. The van der Waals surface area contributed by atoms with Gasteiger partial charge >= 0.3 is 0 Å². The van der Waals surface area contributed by atoms with Crippen LogP contribution in [0.25, 0.3) is 0 Å². The van der Waals surface area contributed by atoms with E-state index in [9.17, 15) is 5.11 Å². The number of likely N-dealkylation sites (N-methyl/N-ethyl adjacent to an activating group) is 1. The fraction of sp³-hybridized carbons (Fsp3) is 1.00. The van der Waals surface area contributed by atoms with Gasteiger partial charge in [-0.2, -0.15) is 0 Å². The molecule has 1 aliphatic heterocycles. The third kappa shape index (κ3) is 1.25. The van der Waals surface area contributed by atoms with Crippen molar-refractivity contribution in [2.75, 3.05) is 13.6 Å². The Bertz CT molecular complexity index is 133. The molecular weight excluding hydrogens is 146 g/mol. The summed E-state index contributed by atoms with van der Waals surface area (Å²) >= 11 is 0. The van der Waals surface area contributed by atoms with Gasteiger partial charge in [0, 0.05) is 13.0 Å². The highest BCUT2D eigenvalue weighted by Crippen LogP contribution is 2.27. The Morgan fingerprint density at radius 2 is 2.40 bits per heavy atom. The van der Waals surface area contributed by atoms with Crippen LogP contribution in [0, 0.1) is 0 Å². The van der Waals surface area contributed by atoms with Gasteiger partial charge in [-0.1, -0.05) is 0 Å². The molecular formula is C6H15NO2Si. The summed E-state index contributed by atoms with van der Waals surface area (Å²) in [5, 5.41) is 9.26. The molecule has 1 heterocycles. The maximum atomic E-state index is 9.26. The molecule has 0 aromatic heterocycles. The molecule has 0 spiro atoms. The SMILES string of the molecule is CN1CC(O)CC1(C)O[SiH3]. The molecule has 0 aromatic carbocycles. The van der Waals surface area contributed by atoms with Crippen LogP contribution in [0.15, 0.2) is 0 Å². The average Bonchev–Trinajstić information content (AvgIpc) is 2.09. The minimum absolute atomic E-state index is 0.189. The largest absolute Gasteiger partial charge is 0.410 e. The molecule has 2 unspecified atom stereocenters. The van der Waals surface area contributed by atoms with E-state index in [1.807, 2.05) is 14.0 Å². The van der Waals surface area contributed by atoms with Crippen LogP contribution in [0.4, 0.5) is 0 Å². The summed E-state index contributed by atoms with van der Waals surface area (Å²) < 4.78 is 5.39. The first kappa shape index (κ1) is 8.20. The third-order valence-corrected chi connectivity index (χ3v) is 3.23. The van der Waals surface area contributed by atoms with Crippen LogP contribution in [0.2, 0.25) is 0 Å². The summed E-state index contributed by atoms with van der Waals surface area (Å²) in [5.74, 6) is 0. The van der Waals surface area contributed by atoms with E-state index >= 15 is 0 Å². The summed E-state index contributed by atoms with van der Waals surface area (Å²) in [6.45, 7) is 2.76. The molecule has 0 saturated carbocycles. The van der Waals surface area contributed by atoms with Gasteiger partial charge < -0.3 is 9.53 Å². The highest BCUT2D eigenvalue weighted by Gasteiger charge is 2.38. The number of hydrogen-bond acceptors (Lipinski definition) is 3. The standard InChI is InChI=1S/C6H15NO2Si/c1-6(9-10)3-5(8)4-7(6)2/h5,8H,3-4H2,1-2,10H3. The molecule has 0 aromatic rings. The molecule has 1 N–H and O–H groups in total. The predicted octanol–water partition coefficient (Wildman–Crippen LogP) is -1.30. The second-order valence-corrected chi connectivity index (χ2v) is 3.53. The fourth-order valence-corrected chi connectivity index (χ4v) is 1.88. The molecule has 1 aliphatic rings. The highest BCUT2D eigenvalue weighted by atomic mass is 28.2. The number of aliphatic hydroxyl groups is 1. The lowest BCUT2D eigenvalue weighted by atomic mass is 10.2. The van der Waals surface area contributed by atoms with E-state index in [0.29, 0.717) is 0 Å². The van der Waals surface area contributed by atoms with Crippen molar-refractivity contribution in [1.29, 1.82) is 0 Å². The molecule has 0 amide bonds. The first-order valence-electron chi connectivity index (χ1n) is 3.53. The Kier molecular flexibility index (Phi) is 2.14. The molecule has 3 nitrogen and oxygen atoms in total. The number of rotatable bonds is 1. The number of likely N-dealkylation sites (tertiary alicyclic amines) is 1. The van der Waals surface area contributed by atoms with E-state index in [4.69, 9.17) is 4.43 Å². The number of β-amino-alcohol motifs (C(OH)–C–C–N with tert-alkyl or cyclic N) is 1. The lowest BCUT2D eigenvalue weighted by Crippen LogP contribution is -2.40. The summed E-state index contributed by atoms with van der Waals surface area (Å²) in [4.78, 5) is 2.06. The van der Waals surface area contributed by atoms with E-state index < -0.39 is 0 Å². The Morgan fingerprint density at radius 3 is 2.60 bits per heavy atom. The summed E-state index contributed by atoms with van der Waals surface area (Å²) in [6, 6.07) is 0. The Morgan fingerprint density at radius 1 is 1.80 bits per heavy atom. The van der Waals surface area contributed by atoms with Gasteiger partial charge in [0.1, 0.15) is 16.2 Å². The summed E-state index contributed by atoms with van der Waals surface area (Å²) in [6.07, 6.45) is 0.538. The summed E-state index contributed by atoms with van der Waals surface area (Å²) in [5.41, 5.74) is -0.189. The first-order valence-corrected chi connectivity index (χ1v) is 4.34. The van der Waals surface area contributed by atoms with Crippen LogP contribution in [-0.2, 0) is 4.43 Å². The minimum atomic E-state index is -0.205. The second kappa shape index (κ2) is 2.62. The molecule has 1 saturated heterocycles. The van der Waals surface area contributed by atoms with E-state index in [2.05, 4.69) is 4.90 Å². The zero-order valence-corrected chi connectivity index (χ0v) is 8.79. The van der Waals surface area contributed by atoms with E-state index in [-0.39, 0.29) is 11.8 Å². The summed E-state index contributed by atoms with van der Waals surface area (Å²) in [7, 11) is 2.71. The van der Waals surface area contributed by atoms with Crippen molar-refractivity contribution in [3.8, 4) is 0 Å². The number of nitrogens with zero attached hydrogens (tertiary/aromatic N) is 1. The molecule has 0 aliphatic carbocycles. The normalized spacial score (nSPS) is 42.9. The van der Waals surface area contributed by atoms with Gasteiger partial charge in [0.15, 0.2) is 0 Å². The van der Waals surface area contributed by atoms with Crippen LogP contribution in [0.3, 0.4) is 0 Å².